The average Bonchev–Trinajstić information content (AvgIpc) is 2.21. The lowest BCUT2D eigenvalue weighted by molar-refractivity contribution is -0.140. The highest BCUT2D eigenvalue weighted by Gasteiger charge is 2.33. The summed E-state index contributed by atoms with van der Waals surface area (Å²) in [6, 6.07) is 0.230. The molecule has 1 saturated heterocycles. The maximum atomic E-state index is 12.4. The Kier molecular flexibility index (Phi) is 5.81. The van der Waals surface area contributed by atoms with E-state index >= 15 is 0 Å². The van der Waals surface area contributed by atoms with Gasteiger partial charge in [0.05, 0.1) is 11.6 Å². The molecule has 112 valence electrons. The number of aliphatic hydroxyl groups is 1. The zero-order chi connectivity index (χ0) is 14.6. The van der Waals surface area contributed by atoms with Gasteiger partial charge >= 0.3 is 0 Å². The molecule has 4 heteroatoms. The van der Waals surface area contributed by atoms with E-state index < -0.39 is 5.60 Å². The predicted octanol–water partition coefficient (Wildman–Crippen LogP) is 1.77. The van der Waals surface area contributed by atoms with Crippen molar-refractivity contribution in [2.45, 2.75) is 71.6 Å². The highest BCUT2D eigenvalue weighted by Crippen LogP contribution is 2.21. The van der Waals surface area contributed by atoms with Crippen LogP contribution in [0.2, 0.25) is 0 Å². The van der Waals surface area contributed by atoms with Gasteiger partial charge in [0.15, 0.2) is 0 Å². The third-order valence-corrected chi connectivity index (χ3v) is 3.44. The summed E-state index contributed by atoms with van der Waals surface area (Å²) in [5.41, 5.74) is -0.788. The molecule has 19 heavy (non-hydrogen) atoms. The van der Waals surface area contributed by atoms with Crippen LogP contribution in [0.15, 0.2) is 0 Å². The summed E-state index contributed by atoms with van der Waals surface area (Å²) in [6.45, 7) is 11.3. The average molecular weight is 270 g/mol. The van der Waals surface area contributed by atoms with Gasteiger partial charge in [0.1, 0.15) is 0 Å². The minimum atomic E-state index is -0.788. The molecule has 1 rings (SSSR count). The summed E-state index contributed by atoms with van der Waals surface area (Å²) in [4.78, 5) is 14.2. The lowest BCUT2D eigenvalue weighted by atomic mass is 9.92. The Labute approximate surface area is 117 Å². The smallest absolute Gasteiger partial charge is 0.239 e. The van der Waals surface area contributed by atoms with E-state index in [4.69, 9.17) is 0 Å². The molecule has 2 N–H and O–H groups in total. The van der Waals surface area contributed by atoms with Crippen molar-refractivity contribution in [3.63, 3.8) is 0 Å². The van der Waals surface area contributed by atoms with Crippen LogP contribution in [0.25, 0.3) is 0 Å². The van der Waals surface area contributed by atoms with Gasteiger partial charge in [-0.2, -0.15) is 0 Å². The lowest BCUT2D eigenvalue weighted by Gasteiger charge is -2.38. The number of piperidine rings is 1. The minimum Gasteiger partial charge on any atom is -0.388 e. The predicted molar refractivity (Wildman–Crippen MR) is 78.0 cm³/mol. The van der Waals surface area contributed by atoms with Crippen molar-refractivity contribution in [1.29, 1.82) is 0 Å². The van der Waals surface area contributed by atoms with E-state index in [0.29, 0.717) is 18.5 Å². The molecule has 0 radical (unpaired) electrons. The fraction of sp³-hybridized carbons (Fsp3) is 0.933. The Morgan fingerprint density at radius 1 is 1.42 bits per heavy atom. The molecule has 0 aromatic heterocycles. The Morgan fingerprint density at radius 3 is 2.58 bits per heavy atom. The molecule has 1 aliphatic rings. The first kappa shape index (κ1) is 16.4. The number of carbonyl (C=O) groups excluding carboxylic acids is 1. The summed E-state index contributed by atoms with van der Waals surface area (Å²) < 4.78 is 0. The normalized spacial score (nSPS) is 24.1. The van der Waals surface area contributed by atoms with Gasteiger partial charge < -0.3 is 15.3 Å². The second kappa shape index (κ2) is 6.71. The number of β-amino-alcohol motifs (C(OH)–C–C–N with tert-alkyl or cyclic N) is 1. The van der Waals surface area contributed by atoms with Crippen molar-refractivity contribution in [2.75, 3.05) is 13.1 Å². The van der Waals surface area contributed by atoms with E-state index in [0.717, 1.165) is 25.8 Å². The Bertz CT molecular complexity index is 301. The highest BCUT2D eigenvalue weighted by molar-refractivity contribution is 5.82. The summed E-state index contributed by atoms with van der Waals surface area (Å²) in [7, 11) is 0. The SMILES string of the molecule is CC(C)CC(C)(O)CN1CCCC(NC(C)C)C1=O. The molecule has 1 fully saturated rings. The van der Waals surface area contributed by atoms with Crippen LogP contribution in [0.1, 0.15) is 53.9 Å². The van der Waals surface area contributed by atoms with Gasteiger partial charge in [-0.15, -0.1) is 0 Å². The molecule has 1 aliphatic heterocycles. The molecular formula is C15H30N2O2. The summed E-state index contributed by atoms with van der Waals surface area (Å²) in [5.74, 6) is 0.573. The van der Waals surface area contributed by atoms with Crippen LogP contribution >= 0.6 is 0 Å². The number of hydrogen-bond acceptors (Lipinski definition) is 3. The van der Waals surface area contributed by atoms with Crippen molar-refractivity contribution in [3.05, 3.63) is 0 Å². The molecular weight excluding hydrogens is 240 g/mol. The largest absolute Gasteiger partial charge is 0.388 e. The maximum Gasteiger partial charge on any atom is 0.239 e. The van der Waals surface area contributed by atoms with Gasteiger partial charge in [0.2, 0.25) is 5.91 Å². The molecule has 1 amide bonds. The molecule has 0 bridgehead atoms. The fourth-order valence-electron chi connectivity index (χ4n) is 3.01. The molecule has 0 aromatic carbocycles. The minimum absolute atomic E-state index is 0.0800. The number of hydrogen-bond donors (Lipinski definition) is 2. The molecule has 0 aliphatic carbocycles. The first-order chi connectivity index (χ1) is 8.71. The number of amides is 1. The topological polar surface area (TPSA) is 52.6 Å². The molecule has 0 aromatic rings. The van der Waals surface area contributed by atoms with E-state index in [2.05, 4.69) is 33.0 Å². The zero-order valence-electron chi connectivity index (χ0n) is 13.1. The second-order valence-electron chi connectivity index (χ2n) is 6.87. The van der Waals surface area contributed by atoms with E-state index in [-0.39, 0.29) is 11.9 Å². The lowest BCUT2D eigenvalue weighted by Crippen LogP contribution is -2.55. The standard InChI is InChI=1S/C15H30N2O2/c1-11(2)9-15(5,19)10-17-8-6-7-13(14(17)18)16-12(3)4/h11-13,16,19H,6-10H2,1-5H3. The van der Waals surface area contributed by atoms with Crippen molar-refractivity contribution < 1.29 is 9.90 Å². The number of carbonyl (C=O) groups is 1. The third kappa shape index (κ3) is 5.49. The van der Waals surface area contributed by atoms with Crippen LogP contribution < -0.4 is 5.32 Å². The summed E-state index contributed by atoms with van der Waals surface area (Å²) >= 11 is 0. The number of nitrogens with one attached hydrogen (secondary N) is 1. The maximum absolute atomic E-state index is 12.4. The molecule has 2 atom stereocenters. The zero-order valence-corrected chi connectivity index (χ0v) is 13.1. The van der Waals surface area contributed by atoms with E-state index in [1.54, 1.807) is 0 Å². The van der Waals surface area contributed by atoms with Gasteiger partial charge in [-0.1, -0.05) is 27.7 Å². The summed E-state index contributed by atoms with van der Waals surface area (Å²) in [6.07, 6.45) is 2.63. The third-order valence-electron chi connectivity index (χ3n) is 3.44. The molecule has 0 spiro atoms. The number of nitrogens with zero attached hydrogens (tertiary/aromatic N) is 1. The van der Waals surface area contributed by atoms with E-state index in [1.165, 1.54) is 0 Å². The highest BCUT2D eigenvalue weighted by atomic mass is 16.3. The quantitative estimate of drug-likeness (QED) is 0.773. The van der Waals surface area contributed by atoms with Crippen LogP contribution in [0.4, 0.5) is 0 Å². The van der Waals surface area contributed by atoms with Gasteiger partial charge in [-0.3, -0.25) is 4.79 Å². The van der Waals surface area contributed by atoms with Gasteiger partial charge in [-0.05, 0) is 32.1 Å². The van der Waals surface area contributed by atoms with Gasteiger partial charge in [0.25, 0.3) is 0 Å². The molecule has 2 unspecified atom stereocenters. The molecule has 0 saturated carbocycles. The number of likely N-dealkylation sites (tertiary alicyclic amines) is 1. The Morgan fingerprint density at radius 2 is 2.05 bits per heavy atom. The first-order valence-electron chi connectivity index (χ1n) is 7.48. The van der Waals surface area contributed by atoms with Crippen molar-refractivity contribution in [3.8, 4) is 0 Å². The summed E-state index contributed by atoms with van der Waals surface area (Å²) in [5, 5.41) is 13.7. The monoisotopic (exact) mass is 270 g/mol. The molecule has 1 heterocycles. The Hall–Kier alpha value is -0.610. The van der Waals surface area contributed by atoms with Crippen LogP contribution in [-0.4, -0.2) is 46.7 Å². The van der Waals surface area contributed by atoms with Crippen LogP contribution in [0, 0.1) is 5.92 Å². The number of rotatable bonds is 6. The van der Waals surface area contributed by atoms with Crippen LogP contribution in [-0.2, 0) is 4.79 Å². The van der Waals surface area contributed by atoms with Crippen LogP contribution in [0.3, 0.4) is 0 Å². The van der Waals surface area contributed by atoms with Crippen molar-refractivity contribution >= 4 is 5.91 Å². The van der Waals surface area contributed by atoms with Crippen molar-refractivity contribution in [2.24, 2.45) is 5.92 Å². The van der Waals surface area contributed by atoms with E-state index in [1.807, 2.05) is 11.8 Å². The Balaban J connectivity index is 2.60. The fourth-order valence-corrected chi connectivity index (χ4v) is 3.01. The van der Waals surface area contributed by atoms with E-state index in [9.17, 15) is 9.90 Å². The van der Waals surface area contributed by atoms with Crippen molar-refractivity contribution in [1.82, 2.24) is 10.2 Å². The molecule has 4 nitrogen and oxygen atoms in total. The van der Waals surface area contributed by atoms with Crippen LogP contribution in [0.5, 0.6) is 0 Å². The van der Waals surface area contributed by atoms with Gasteiger partial charge in [0, 0.05) is 19.1 Å². The second-order valence-corrected chi connectivity index (χ2v) is 6.87. The van der Waals surface area contributed by atoms with Gasteiger partial charge in [-0.25, -0.2) is 0 Å². The first-order valence-corrected chi connectivity index (χ1v) is 7.48.